The molecule has 2 aromatic carbocycles. The number of imide groups is 1. The third kappa shape index (κ3) is 4.94. The number of rotatable bonds is 8. The van der Waals surface area contributed by atoms with Gasteiger partial charge in [0.15, 0.2) is 6.10 Å². The number of carbonyl (C=O) groups is 2. The Kier molecular flexibility index (Phi) is 6.02. The van der Waals surface area contributed by atoms with E-state index in [4.69, 9.17) is 13.9 Å². The average molecular weight is 420 g/mol. The molecule has 1 fully saturated rings. The number of alkyl carbamates (subject to hydrolysis) is 1. The van der Waals surface area contributed by atoms with Crippen LogP contribution in [0.25, 0.3) is 11.5 Å². The smallest absolute Gasteiger partial charge is 0.414 e. The quantitative estimate of drug-likeness (QED) is 0.566. The largest absolute Gasteiger partial charge is 0.487 e. The van der Waals surface area contributed by atoms with Gasteiger partial charge >= 0.3 is 6.09 Å². The first-order chi connectivity index (χ1) is 15.0. The number of nitrogens with one attached hydrogen (secondary N) is 1. The van der Waals surface area contributed by atoms with E-state index in [1.165, 1.54) is 0 Å². The summed E-state index contributed by atoms with van der Waals surface area (Å²) in [5.41, 5.74) is 2.82. The second kappa shape index (κ2) is 9.04. The SMILES string of the molecule is Cc1oc(-c2ccccc2)nc1COc1ccc(C(C)CCC2OC(=O)NC2=O)cc1. The summed E-state index contributed by atoms with van der Waals surface area (Å²) in [6.45, 7) is 4.28. The lowest BCUT2D eigenvalue weighted by atomic mass is 9.94. The van der Waals surface area contributed by atoms with Gasteiger partial charge in [-0.15, -0.1) is 0 Å². The number of amides is 2. The number of ether oxygens (including phenoxy) is 2. The molecule has 31 heavy (non-hydrogen) atoms. The molecule has 1 aliphatic rings. The van der Waals surface area contributed by atoms with Gasteiger partial charge in [-0.1, -0.05) is 37.3 Å². The number of nitrogens with zero attached hydrogens (tertiary/aromatic N) is 1. The van der Waals surface area contributed by atoms with Crippen molar-refractivity contribution in [2.75, 3.05) is 0 Å². The Bertz CT molecular complexity index is 1060. The first-order valence-corrected chi connectivity index (χ1v) is 10.3. The fourth-order valence-corrected chi connectivity index (χ4v) is 3.46. The van der Waals surface area contributed by atoms with Crippen molar-refractivity contribution < 1.29 is 23.5 Å². The van der Waals surface area contributed by atoms with Gasteiger partial charge < -0.3 is 13.9 Å². The second-order valence-electron chi connectivity index (χ2n) is 7.61. The van der Waals surface area contributed by atoms with E-state index >= 15 is 0 Å². The minimum Gasteiger partial charge on any atom is -0.487 e. The lowest BCUT2D eigenvalue weighted by Gasteiger charge is -2.14. The Labute approximate surface area is 180 Å². The highest BCUT2D eigenvalue weighted by Gasteiger charge is 2.32. The number of oxazole rings is 1. The van der Waals surface area contributed by atoms with E-state index < -0.39 is 12.2 Å². The zero-order valence-corrected chi connectivity index (χ0v) is 17.5. The maximum Gasteiger partial charge on any atom is 0.414 e. The fourth-order valence-electron chi connectivity index (χ4n) is 3.46. The van der Waals surface area contributed by atoms with E-state index in [2.05, 4.69) is 17.2 Å². The molecule has 4 rings (SSSR count). The highest BCUT2D eigenvalue weighted by molar-refractivity contribution is 5.99. The third-order valence-corrected chi connectivity index (χ3v) is 5.37. The van der Waals surface area contributed by atoms with Gasteiger partial charge in [0.1, 0.15) is 23.8 Å². The normalized spacial score (nSPS) is 16.6. The molecule has 0 radical (unpaired) electrons. The molecule has 2 atom stereocenters. The monoisotopic (exact) mass is 420 g/mol. The van der Waals surface area contributed by atoms with Gasteiger partial charge in [0.05, 0.1) is 0 Å². The number of carbonyl (C=O) groups excluding carboxylic acids is 2. The first kappa shape index (κ1) is 20.7. The molecule has 3 aromatic rings. The maximum absolute atomic E-state index is 11.6. The first-order valence-electron chi connectivity index (χ1n) is 10.3. The molecule has 0 saturated carbocycles. The molecule has 7 heteroatoms. The van der Waals surface area contributed by atoms with Gasteiger partial charge in [0.25, 0.3) is 5.91 Å². The molecule has 2 heterocycles. The highest BCUT2D eigenvalue weighted by Crippen LogP contribution is 2.26. The van der Waals surface area contributed by atoms with Crippen LogP contribution < -0.4 is 10.1 Å². The van der Waals surface area contributed by atoms with Crippen LogP contribution in [0.5, 0.6) is 5.75 Å². The molecule has 2 unspecified atom stereocenters. The van der Waals surface area contributed by atoms with Gasteiger partial charge in [-0.3, -0.25) is 10.1 Å². The summed E-state index contributed by atoms with van der Waals surface area (Å²) in [4.78, 5) is 27.2. The second-order valence-corrected chi connectivity index (χ2v) is 7.61. The molecular weight excluding hydrogens is 396 g/mol. The van der Waals surface area contributed by atoms with Crippen LogP contribution >= 0.6 is 0 Å². The van der Waals surface area contributed by atoms with Crippen molar-refractivity contribution in [3.05, 3.63) is 71.6 Å². The molecule has 1 aromatic heterocycles. The number of aromatic nitrogens is 1. The van der Waals surface area contributed by atoms with Crippen molar-refractivity contribution in [1.29, 1.82) is 0 Å². The number of benzene rings is 2. The fraction of sp³-hybridized carbons (Fsp3) is 0.292. The summed E-state index contributed by atoms with van der Waals surface area (Å²) in [5, 5.41) is 2.15. The van der Waals surface area contributed by atoms with Crippen LogP contribution in [0.4, 0.5) is 4.79 Å². The van der Waals surface area contributed by atoms with Crippen LogP contribution in [0.3, 0.4) is 0 Å². The highest BCUT2D eigenvalue weighted by atomic mass is 16.6. The summed E-state index contributed by atoms with van der Waals surface area (Å²) >= 11 is 0. The van der Waals surface area contributed by atoms with Gasteiger partial charge in [-0.05, 0) is 55.5 Å². The molecule has 1 aliphatic heterocycles. The van der Waals surface area contributed by atoms with E-state index in [0.717, 1.165) is 34.8 Å². The van der Waals surface area contributed by atoms with Crippen LogP contribution in [0.15, 0.2) is 59.0 Å². The predicted octanol–water partition coefficient (Wildman–Crippen LogP) is 4.75. The lowest BCUT2D eigenvalue weighted by Crippen LogP contribution is -2.24. The van der Waals surface area contributed by atoms with Crippen molar-refractivity contribution in [2.45, 2.75) is 45.3 Å². The van der Waals surface area contributed by atoms with E-state index in [-0.39, 0.29) is 11.8 Å². The Balaban J connectivity index is 1.31. The van der Waals surface area contributed by atoms with Gasteiger partial charge in [0, 0.05) is 5.56 Å². The molecule has 1 N–H and O–H groups in total. The zero-order valence-electron chi connectivity index (χ0n) is 17.5. The van der Waals surface area contributed by atoms with Crippen LogP contribution in [0, 0.1) is 6.92 Å². The molecular formula is C24H24N2O5. The van der Waals surface area contributed by atoms with E-state index in [0.29, 0.717) is 18.9 Å². The van der Waals surface area contributed by atoms with Crippen LogP contribution in [-0.4, -0.2) is 23.1 Å². The van der Waals surface area contributed by atoms with Gasteiger partial charge in [-0.2, -0.15) is 0 Å². The molecule has 0 bridgehead atoms. The molecule has 7 nitrogen and oxygen atoms in total. The number of hydrogen-bond donors (Lipinski definition) is 1. The minimum atomic E-state index is -0.691. The molecule has 0 spiro atoms. The van der Waals surface area contributed by atoms with Crippen molar-refractivity contribution in [2.24, 2.45) is 0 Å². The predicted molar refractivity (Wildman–Crippen MR) is 114 cm³/mol. The Morgan fingerprint density at radius 3 is 2.52 bits per heavy atom. The van der Waals surface area contributed by atoms with E-state index in [1.807, 2.05) is 61.5 Å². The summed E-state index contributed by atoms with van der Waals surface area (Å²) in [6.07, 6.45) is -0.135. The Hall–Kier alpha value is -3.61. The third-order valence-electron chi connectivity index (χ3n) is 5.37. The summed E-state index contributed by atoms with van der Waals surface area (Å²) in [6, 6.07) is 17.6. The lowest BCUT2D eigenvalue weighted by molar-refractivity contribution is -0.123. The van der Waals surface area contributed by atoms with Gasteiger partial charge in [-0.25, -0.2) is 9.78 Å². The summed E-state index contributed by atoms with van der Waals surface area (Å²) < 4.78 is 16.6. The zero-order chi connectivity index (χ0) is 21.8. The van der Waals surface area contributed by atoms with Crippen LogP contribution in [0.2, 0.25) is 0 Å². The number of aryl methyl sites for hydroxylation is 1. The molecule has 1 saturated heterocycles. The van der Waals surface area contributed by atoms with Crippen molar-refractivity contribution in [3.8, 4) is 17.2 Å². The minimum absolute atomic E-state index is 0.215. The van der Waals surface area contributed by atoms with Crippen molar-refractivity contribution in [3.63, 3.8) is 0 Å². The van der Waals surface area contributed by atoms with E-state index in [9.17, 15) is 9.59 Å². The van der Waals surface area contributed by atoms with Crippen molar-refractivity contribution >= 4 is 12.0 Å². The van der Waals surface area contributed by atoms with E-state index in [1.54, 1.807) is 0 Å². The van der Waals surface area contributed by atoms with Gasteiger partial charge in [0.2, 0.25) is 5.89 Å². The van der Waals surface area contributed by atoms with Crippen LogP contribution in [-0.2, 0) is 16.1 Å². The topological polar surface area (TPSA) is 90.7 Å². The standard InChI is InChI=1S/C24H24N2O5/c1-15(8-13-21-22(27)26-24(28)31-21)17-9-11-19(12-10-17)29-14-20-16(2)30-23(25-20)18-6-4-3-5-7-18/h3-7,9-12,15,21H,8,13-14H2,1-2H3,(H,26,27,28). The average Bonchev–Trinajstić information content (AvgIpc) is 3.32. The Morgan fingerprint density at radius 1 is 1.10 bits per heavy atom. The number of cyclic esters (lactones) is 1. The van der Waals surface area contributed by atoms with Crippen molar-refractivity contribution in [1.82, 2.24) is 10.3 Å². The molecule has 0 aliphatic carbocycles. The molecule has 160 valence electrons. The summed E-state index contributed by atoms with van der Waals surface area (Å²) in [5.74, 6) is 1.92. The maximum atomic E-state index is 11.6. The van der Waals surface area contributed by atoms with Crippen LogP contribution in [0.1, 0.15) is 42.7 Å². The Morgan fingerprint density at radius 2 is 1.84 bits per heavy atom. The molecule has 2 amide bonds. The number of hydrogen-bond acceptors (Lipinski definition) is 6. The summed E-state index contributed by atoms with van der Waals surface area (Å²) in [7, 11) is 0.